The van der Waals surface area contributed by atoms with Crippen LogP contribution in [0.15, 0.2) is 95.9 Å². The van der Waals surface area contributed by atoms with E-state index >= 15 is 0 Å². The highest BCUT2D eigenvalue weighted by Gasteiger charge is 2.48. The number of anilines is 2. The number of sulfonamides is 1. The van der Waals surface area contributed by atoms with E-state index in [0.717, 1.165) is 4.31 Å². The van der Waals surface area contributed by atoms with Gasteiger partial charge in [0, 0.05) is 25.9 Å². The van der Waals surface area contributed by atoms with Gasteiger partial charge in [-0.1, -0.05) is 48.5 Å². The fraction of sp³-hybridized carbons (Fsp3) is 0.148. The maximum Gasteiger partial charge on any atom is 0.329 e. The first-order valence-electron chi connectivity index (χ1n) is 11.6. The van der Waals surface area contributed by atoms with Crippen molar-refractivity contribution in [1.29, 1.82) is 5.41 Å². The molecule has 5 rings (SSSR count). The zero-order valence-electron chi connectivity index (χ0n) is 20.2. The first kappa shape index (κ1) is 24.4. The summed E-state index contributed by atoms with van der Waals surface area (Å²) in [6, 6.07) is 23.5. The fourth-order valence-corrected chi connectivity index (χ4v) is 5.54. The van der Waals surface area contributed by atoms with Gasteiger partial charge < -0.3 is 5.32 Å². The third-order valence-electron chi connectivity index (χ3n) is 6.47. The van der Waals surface area contributed by atoms with Gasteiger partial charge in [0.1, 0.15) is 12.0 Å². The summed E-state index contributed by atoms with van der Waals surface area (Å²) < 4.78 is 26.2. The lowest BCUT2D eigenvalue weighted by Gasteiger charge is -2.47. The number of hydrogen-bond donors (Lipinski definition) is 2. The molecular weight excluding hydrogens is 490 g/mol. The lowest BCUT2D eigenvalue weighted by molar-refractivity contribution is -0.115. The molecule has 3 aromatic carbocycles. The Morgan fingerprint density at radius 1 is 0.838 bits per heavy atom. The molecule has 0 bridgehead atoms. The topological polar surface area (TPSA) is 114 Å². The molecule has 10 heteroatoms. The zero-order chi connectivity index (χ0) is 26.3. The van der Waals surface area contributed by atoms with Crippen molar-refractivity contribution in [3.05, 3.63) is 96.6 Å². The Morgan fingerprint density at radius 2 is 1.41 bits per heavy atom. The van der Waals surface area contributed by atoms with Crippen LogP contribution in [-0.4, -0.2) is 50.8 Å². The van der Waals surface area contributed by atoms with E-state index in [1.165, 1.54) is 42.1 Å². The second-order valence-corrected chi connectivity index (χ2v) is 11.0. The van der Waals surface area contributed by atoms with Crippen molar-refractivity contribution < 1.29 is 18.0 Å². The molecule has 0 aromatic heterocycles. The molecule has 2 N–H and O–H groups in total. The summed E-state index contributed by atoms with van der Waals surface area (Å²) in [6.07, 6.45) is 0.610. The number of para-hydroxylation sites is 2. The van der Waals surface area contributed by atoms with Gasteiger partial charge in [-0.2, -0.15) is 0 Å². The normalized spacial score (nSPS) is 20.0. The van der Waals surface area contributed by atoms with Gasteiger partial charge in [0.05, 0.1) is 16.5 Å². The molecule has 3 amide bonds. The molecule has 1 saturated heterocycles. The molecule has 2 unspecified atom stereocenters. The molecule has 0 aliphatic carbocycles. The van der Waals surface area contributed by atoms with Crippen molar-refractivity contribution in [1.82, 2.24) is 9.62 Å². The summed E-state index contributed by atoms with van der Waals surface area (Å²) in [4.78, 5) is 29.6. The monoisotopic (exact) mass is 515 g/mol. The number of hydrogen-bond acceptors (Lipinski definition) is 5. The third kappa shape index (κ3) is 4.20. The molecule has 1 fully saturated rings. The molecule has 2 atom stereocenters. The molecule has 2 aliphatic rings. The van der Waals surface area contributed by atoms with Gasteiger partial charge >= 0.3 is 6.03 Å². The van der Waals surface area contributed by atoms with Crippen molar-refractivity contribution in [3.8, 4) is 0 Å². The van der Waals surface area contributed by atoms with Crippen LogP contribution in [0.1, 0.15) is 5.56 Å². The summed E-state index contributed by atoms with van der Waals surface area (Å²) in [5, 5.41) is 12.1. The first-order chi connectivity index (χ1) is 17.7. The number of amidine groups is 1. The molecule has 9 nitrogen and oxygen atoms in total. The van der Waals surface area contributed by atoms with Crippen molar-refractivity contribution in [2.75, 3.05) is 23.9 Å². The Kier molecular flexibility index (Phi) is 6.14. The quantitative estimate of drug-likeness (QED) is 0.541. The summed E-state index contributed by atoms with van der Waals surface area (Å²) in [7, 11) is -0.721. The van der Waals surface area contributed by atoms with Gasteiger partial charge in [0.15, 0.2) is 0 Å². The number of urea groups is 1. The standard InChI is InChI=1S/C27H25N5O4S/c1-30(2)37(35,36)21-15-13-18(14-16-21)22-17-23(33)31(19-9-5-3-6-10-19)26-24(22)25(28)32(27(34)29-26)20-11-7-4-8-12-20/h3-17,24,26,28H,1-2H3,(H,29,34). The molecular formula is C27H25N5O4S. The Morgan fingerprint density at radius 3 is 1.97 bits per heavy atom. The van der Waals surface area contributed by atoms with E-state index in [0.29, 0.717) is 22.5 Å². The summed E-state index contributed by atoms with van der Waals surface area (Å²) >= 11 is 0. The Labute approximate surface area is 215 Å². The number of fused-ring (bicyclic) bond motifs is 1. The number of amides is 3. The highest BCUT2D eigenvalue weighted by Crippen LogP contribution is 2.39. The van der Waals surface area contributed by atoms with Gasteiger partial charge in [-0.3, -0.25) is 15.1 Å². The number of nitrogens with zero attached hydrogens (tertiary/aromatic N) is 3. The van der Waals surface area contributed by atoms with E-state index in [4.69, 9.17) is 5.41 Å². The van der Waals surface area contributed by atoms with Crippen LogP contribution < -0.4 is 15.1 Å². The van der Waals surface area contributed by atoms with Crippen molar-refractivity contribution in [3.63, 3.8) is 0 Å². The van der Waals surface area contributed by atoms with Gasteiger partial charge in [-0.25, -0.2) is 22.4 Å². The van der Waals surface area contributed by atoms with Gasteiger partial charge in [-0.05, 0) is 47.5 Å². The number of benzene rings is 3. The van der Waals surface area contributed by atoms with Crippen molar-refractivity contribution >= 4 is 44.7 Å². The second kappa shape index (κ2) is 9.30. The fourth-order valence-electron chi connectivity index (χ4n) is 4.64. The minimum absolute atomic E-state index is 0.00428. The third-order valence-corrected chi connectivity index (χ3v) is 8.30. The van der Waals surface area contributed by atoms with E-state index < -0.39 is 28.1 Å². The molecule has 37 heavy (non-hydrogen) atoms. The lowest BCUT2D eigenvalue weighted by atomic mass is 9.83. The van der Waals surface area contributed by atoms with E-state index in [9.17, 15) is 18.0 Å². The van der Waals surface area contributed by atoms with Crippen LogP contribution >= 0.6 is 0 Å². The molecule has 0 radical (unpaired) electrons. The van der Waals surface area contributed by atoms with E-state index in [1.54, 1.807) is 60.7 Å². The van der Waals surface area contributed by atoms with E-state index in [1.807, 2.05) is 12.1 Å². The Balaban J connectivity index is 1.63. The predicted molar refractivity (Wildman–Crippen MR) is 142 cm³/mol. The highest BCUT2D eigenvalue weighted by atomic mass is 32.2. The van der Waals surface area contributed by atoms with Gasteiger partial charge in [-0.15, -0.1) is 0 Å². The minimum Gasteiger partial charge on any atom is -0.316 e. The van der Waals surface area contributed by atoms with Crippen LogP contribution in [0.2, 0.25) is 0 Å². The number of carbonyl (C=O) groups is 2. The highest BCUT2D eigenvalue weighted by molar-refractivity contribution is 7.89. The molecule has 2 heterocycles. The zero-order valence-corrected chi connectivity index (χ0v) is 21.0. The van der Waals surface area contributed by atoms with Crippen molar-refractivity contribution in [2.45, 2.75) is 11.1 Å². The van der Waals surface area contributed by atoms with Crippen LogP contribution in [0.3, 0.4) is 0 Å². The van der Waals surface area contributed by atoms with E-state index in [2.05, 4.69) is 5.32 Å². The van der Waals surface area contributed by atoms with Crippen LogP contribution in [0.25, 0.3) is 5.57 Å². The van der Waals surface area contributed by atoms with Crippen LogP contribution in [0, 0.1) is 11.3 Å². The maximum absolute atomic E-state index is 13.4. The Bertz CT molecular complexity index is 1500. The number of carbonyl (C=O) groups excluding carboxylic acids is 2. The average Bonchev–Trinajstić information content (AvgIpc) is 2.89. The SMILES string of the molecule is CN(C)S(=O)(=O)c1ccc(C2=CC(=O)N(c3ccccc3)C3NC(=O)N(c4ccccc4)C(=N)C23)cc1. The van der Waals surface area contributed by atoms with E-state index in [-0.39, 0.29) is 16.6 Å². The van der Waals surface area contributed by atoms with Crippen LogP contribution in [0.4, 0.5) is 16.2 Å². The largest absolute Gasteiger partial charge is 0.329 e. The second-order valence-electron chi connectivity index (χ2n) is 8.88. The molecule has 188 valence electrons. The van der Waals surface area contributed by atoms with Gasteiger partial charge in [0.25, 0.3) is 5.91 Å². The molecule has 2 aliphatic heterocycles. The number of rotatable bonds is 5. The van der Waals surface area contributed by atoms with Crippen LogP contribution in [-0.2, 0) is 14.8 Å². The molecule has 0 saturated carbocycles. The first-order valence-corrected chi connectivity index (χ1v) is 13.0. The lowest BCUT2D eigenvalue weighted by Crippen LogP contribution is -2.68. The summed E-state index contributed by atoms with van der Waals surface area (Å²) in [5.74, 6) is -1.06. The smallest absolute Gasteiger partial charge is 0.316 e. The molecule has 3 aromatic rings. The van der Waals surface area contributed by atoms with Crippen LogP contribution in [0.5, 0.6) is 0 Å². The Hall–Kier alpha value is -4.28. The minimum atomic E-state index is -3.63. The van der Waals surface area contributed by atoms with Gasteiger partial charge in [0.2, 0.25) is 10.0 Å². The maximum atomic E-state index is 13.4. The van der Waals surface area contributed by atoms with Crippen molar-refractivity contribution in [2.24, 2.45) is 5.92 Å². The summed E-state index contributed by atoms with van der Waals surface area (Å²) in [5.41, 5.74) is 2.22. The summed E-state index contributed by atoms with van der Waals surface area (Å²) in [6.45, 7) is 0. The predicted octanol–water partition coefficient (Wildman–Crippen LogP) is 3.52. The average molecular weight is 516 g/mol. The number of nitrogens with one attached hydrogen (secondary N) is 2. The molecule has 0 spiro atoms.